The summed E-state index contributed by atoms with van der Waals surface area (Å²) in [5, 5.41) is -0.300. The summed E-state index contributed by atoms with van der Waals surface area (Å²) in [6.45, 7) is -2.48. The lowest BCUT2D eigenvalue weighted by Crippen LogP contribution is -2.39. The van der Waals surface area contributed by atoms with Crippen LogP contribution in [-0.2, 0) is 16.7 Å². The molecule has 0 spiro atoms. The van der Waals surface area contributed by atoms with Gasteiger partial charge in [0.15, 0.2) is 5.78 Å². The van der Waals surface area contributed by atoms with E-state index in [1.807, 2.05) is 0 Å². The number of ketones is 1. The van der Waals surface area contributed by atoms with Gasteiger partial charge < -0.3 is 15.2 Å². The van der Waals surface area contributed by atoms with Crippen LogP contribution in [0, 0.1) is 18.7 Å². The first kappa shape index (κ1) is 22.3. The number of pyridine rings is 1. The van der Waals surface area contributed by atoms with E-state index in [1.54, 1.807) is 0 Å². The van der Waals surface area contributed by atoms with Crippen LogP contribution in [0.2, 0.25) is 5.02 Å². The Morgan fingerprint density at radius 3 is 2.81 bits per heavy atom. The molecule has 0 radical (unpaired) electrons. The Labute approximate surface area is 185 Å². The van der Waals surface area contributed by atoms with E-state index < -0.39 is 30.4 Å². The van der Waals surface area contributed by atoms with Gasteiger partial charge in [0, 0.05) is 17.9 Å². The number of benzene rings is 1. The third-order valence-electron chi connectivity index (χ3n) is 5.59. The van der Waals surface area contributed by atoms with Crippen LogP contribution in [-0.4, -0.2) is 36.2 Å². The van der Waals surface area contributed by atoms with Crippen molar-refractivity contribution in [3.63, 3.8) is 0 Å². The maximum absolute atomic E-state index is 14.7. The van der Waals surface area contributed by atoms with E-state index in [1.165, 1.54) is 19.1 Å². The molecule has 4 rings (SSSR count). The number of aryl methyl sites for hydroxylation is 1. The predicted molar refractivity (Wildman–Crippen MR) is 107 cm³/mol. The lowest BCUT2D eigenvalue weighted by Gasteiger charge is -2.32. The Bertz CT molecular complexity index is 1110. The van der Waals surface area contributed by atoms with Crippen molar-refractivity contribution in [2.75, 3.05) is 6.67 Å². The number of ether oxygens (including phenoxy) is 2. The van der Waals surface area contributed by atoms with Crippen molar-refractivity contribution < 1.29 is 31.8 Å². The molecule has 1 aromatic heterocycles. The summed E-state index contributed by atoms with van der Waals surface area (Å²) in [5.74, 6) is -1.86. The molecule has 3 atom stereocenters. The molecular weight excluding hydrogens is 454 g/mol. The molecule has 0 bridgehead atoms. The second-order valence-corrected chi connectivity index (χ2v) is 8.14. The molecule has 2 N–H and O–H groups in total. The molecule has 1 fully saturated rings. The molecule has 1 aliphatic carbocycles. The van der Waals surface area contributed by atoms with Gasteiger partial charge in [-0.15, -0.1) is 0 Å². The van der Waals surface area contributed by atoms with Gasteiger partial charge in [-0.2, -0.15) is 8.78 Å². The minimum absolute atomic E-state index is 0.0133. The highest BCUT2D eigenvalue weighted by Gasteiger charge is 2.60. The van der Waals surface area contributed by atoms with Crippen LogP contribution in [0.25, 0.3) is 0 Å². The van der Waals surface area contributed by atoms with Gasteiger partial charge in [0.05, 0.1) is 11.2 Å². The number of Topliss-reactive ketones (excluding diaryl/α,β-unsaturated/α-hetero) is 1. The van der Waals surface area contributed by atoms with Crippen molar-refractivity contribution in [2.24, 2.45) is 16.6 Å². The second kappa shape index (κ2) is 8.23. The number of nitrogens with zero attached hydrogens (tertiary/aromatic N) is 2. The first-order valence-electron chi connectivity index (χ1n) is 9.65. The first-order valence-corrected chi connectivity index (χ1v) is 10.0. The fraction of sp³-hybridized carbons (Fsp3) is 0.381. The van der Waals surface area contributed by atoms with Gasteiger partial charge in [0.25, 0.3) is 6.02 Å². The van der Waals surface area contributed by atoms with E-state index in [9.17, 15) is 22.4 Å². The third-order valence-corrected chi connectivity index (χ3v) is 5.98. The maximum atomic E-state index is 14.7. The Balaban J connectivity index is 1.66. The van der Waals surface area contributed by atoms with Crippen molar-refractivity contribution in [1.82, 2.24) is 4.98 Å². The quantitative estimate of drug-likeness (QED) is 0.485. The fourth-order valence-corrected chi connectivity index (χ4v) is 4.34. The second-order valence-electron chi connectivity index (χ2n) is 7.76. The van der Waals surface area contributed by atoms with Crippen molar-refractivity contribution in [3.8, 4) is 5.75 Å². The zero-order valence-electron chi connectivity index (χ0n) is 16.7. The van der Waals surface area contributed by atoms with Crippen LogP contribution in [0.3, 0.4) is 0 Å². The van der Waals surface area contributed by atoms with E-state index in [0.717, 1.165) is 12.3 Å². The largest absolute Gasteiger partial charge is 0.462 e. The zero-order valence-corrected chi connectivity index (χ0v) is 17.5. The van der Waals surface area contributed by atoms with Crippen molar-refractivity contribution in [2.45, 2.75) is 38.0 Å². The lowest BCUT2D eigenvalue weighted by atomic mass is 9.84. The van der Waals surface area contributed by atoms with Gasteiger partial charge in [-0.1, -0.05) is 17.7 Å². The predicted octanol–water partition coefficient (Wildman–Crippen LogP) is 4.11. The maximum Gasteiger partial charge on any atom is 0.387 e. The van der Waals surface area contributed by atoms with Gasteiger partial charge in [-0.3, -0.25) is 4.79 Å². The van der Waals surface area contributed by atoms with Crippen molar-refractivity contribution >= 4 is 23.4 Å². The van der Waals surface area contributed by atoms with Gasteiger partial charge >= 0.3 is 6.61 Å². The van der Waals surface area contributed by atoms with Crippen LogP contribution in [0.5, 0.6) is 5.75 Å². The van der Waals surface area contributed by atoms with Crippen LogP contribution < -0.4 is 10.5 Å². The standard InChI is InChI=1S/C21H18ClF4N3O3/c1-9-2-11(31-19(25)26)7-28-18(9)15(30)5-10-3-13(17(22)14(24)4-10)21(8-23)12-6-16(12)32-20(27)29-21/h2-4,7,12,16,19H,5-6,8H2,1H3,(H2,27,29)/t12-,16+,21-/m1/s1. The molecule has 0 saturated heterocycles. The number of rotatable bonds is 7. The third kappa shape index (κ3) is 3.99. The number of halogens is 5. The molecule has 6 nitrogen and oxygen atoms in total. The Hall–Kier alpha value is -2.88. The summed E-state index contributed by atoms with van der Waals surface area (Å²) in [4.78, 5) is 20.8. The zero-order chi connectivity index (χ0) is 23.2. The summed E-state index contributed by atoms with van der Waals surface area (Å²) in [7, 11) is 0. The van der Waals surface area contributed by atoms with Crippen LogP contribution >= 0.6 is 11.6 Å². The minimum atomic E-state index is -3.02. The molecule has 1 saturated carbocycles. The number of alkyl halides is 3. The summed E-state index contributed by atoms with van der Waals surface area (Å²) in [6, 6.07) is 3.57. The molecule has 1 aliphatic heterocycles. The van der Waals surface area contributed by atoms with E-state index in [0.29, 0.717) is 12.0 Å². The number of fused-ring (bicyclic) bond motifs is 1. The summed E-state index contributed by atoms with van der Waals surface area (Å²) in [5.41, 5.74) is 4.84. The Kier molecular flexibility index (Phi) is 5.74. The molecule has 2 aromatic rings. The van der Waals surface area contributed by atoms with Crippen LogP contribution in [0.1, 0.15) is 33.6 Å². The highest BCUT2D eigenvalue weighted by Crippen LogP contribution is 2.54. The van der Waals surface area contributed by atoms with Crippen LogP contribution in [0.4, 0.5) is 17.6 Å². The number of carbonyl (C=O) groups excluding carboxylic acids is 1. The van der Waals surface area contributed by atoms with E-state index in [4.69, 9.17) is 22.1 Å². The lowest BCUT2D eigenvalue weighted by molar-refractivity contribution is -0.0501. The summed E-state index contributed by atoms with van der Waals surface area (Å²) >= 11 is 6.17. The topological polar surface area (TPSA) is 86.8 Å². The van der Waals surface area contributed by atoms with E-state index >= 15 is 0 Å². The number of aliphatic imine (C=N–C) groups is 1. The van der Waals surface area contributed by atoms with Crippen LogP contribution in [0.15, 0.2) is 29.4 Å². The minimum Gasteiger partial charge on any atom is -0.462 e. The molecule has 2 aliphatic rings. The summed E-state index contributed by atoms with van der Waals surface area (Å²) in [6.07, 6.45) is 0.889. The van der Waals surface area contributed by atoms with Gasteiger partial charge in [0.1, 0.15) is 35.6 Å². The number of nitrogens with two attached hydrogens (primary N) is 1. The van der Waals surface area contributed by atoms with E-state index in [2.05, 4.69) is 14.7 Å². The molecule has 11 heteroatoms. The van der Waals surface area contributed by atoms with Crippen molar-refractivity contribution in [3.05, 3.63) is 57.6 Å². The molecule has 0 unspecified atom stereocenters. The molecular formula is C21H18ClF4N3O3. The van der Waals surface area contributed by atoms with Gasteiger partial charge in [-0.25, -0.2) is 18.8 Å². The monoisotopic (exact) mass is 471 g/mol. The smallest absolute Gasteiger partial charge is 0.387 e. The number of carbonyl (C=O) groups is 1. The first-order chi connectivity index (χ1) is 15.1. The Morgan fingerprint density at radius 1 is 1.41 bits per heavy atom. The highest BCUT2D eigenvalue weighted by molar-refractivity contribution is 6.31. The molecule has 170 valence electrons. The highest BCUT2D eigenvalue weighted by atomic mass is 35.5. The fourth-order valence-electron chi connectivity index (χ4n) is 4.07. The SMILES string of the molecule is Cc1cc(OC(F)F)cnc1C(=O)Cc1cc(F)c(Cl)c([C@]2(CF)N=C(N)O[C@H]3C[C@H]32)c1. The van der Waals surface area contributed by atoms with Crippen molar-refractivity contribution in [1.29, 1.82) is 0 Å². The average Bonchev–Trinajstić information content (AvgIpc) is 3.49. The van der Waals surface area contributed by atoms with Gasteiger partial charge in [0.2, 0.25) is 0 Å². The number of amidine groups is 1. The van der Waals surface area contributed by atoms with Gasteiger partial charge in [-0.05, 0) is 36.6 Å². The number of hydrogen-bond donors (Lipinski definition) is 1. The van der Waals surface area contributed by atoms with E-state index in [-0.39, 0.29) is 52.1 Å². The summed E-state index contributed by atoms with van der Waals surface area (Å²) < 4.78 is 63.2. The molecule has 32 heavy (non-hydrogen) atoms. The number of aromatic nitrogens is 1. The molecule has 0 amide bonds. The Morgan fingerprint density at radius 2 is 2.16 bits per heavy atom. The molecule has 2 heterocycles. The number of hydrogen-bond acceptors (Lipinski definition) is 6. The average molecular weight is 472 g/mol. The normalized spacial score (nSPS) is 23.9. The molecule has 1 aromatic carbocycles.